The molecule has 0 aromatic heterocycles. The van der Waals surface area contributed by atoms with Gasteiger partial charge in [0.05, 0.1) is 19.2 Å². The molecule has 2 aromatic rings. The second-order valence-corrected chi connectivity index (χ2v) is 6.82. The summed E-state index contributed by atoms with van der Waals surface area (Å²) in [4.78, 5) is 0. The zero-order valence-electron chi connectivity index (χ0n) is 15.5. The summed E-state index contributed by atoms with van der Waals surface area (Å²) in [6, 6.07) is 9.52. The van der Waals surface area contributed by atoms with Gasteiger partial charge in [0, 0.05) is 11.1 Å². The quantitative estimate of drug-likeness (QED) is 0.748. The van der Waals surface area contributed by atoms with Gasteiger partial charge in [0.15, 0.2) is 5.88 Å². The van der Waals surface area contributed by atoms with Gasteiger partial charge in [-0.15, -0.1) is 0 Å². The van der Waals surface area contributed by atoms with Crippen molar-refractivity contribution in [2.24, 2.45) is 0 Å². The highest BCUT2D eigenvalue weighted by Crippen LogP contribution is 2.41. The molecule has 1 aliphatic rings. The van der Waals surface area contributed by atoms with Crippen LogP contribution in [0.3, 0.4) is 0 Å². The normalized spacial score (nSPS) is 17.0. The largest absolute Gasteiger partial charge is 0.496 e. The standard InChI is InChI=1S/C21H22F3NO2/c1-12(2)14-5-8-19(26-4)17(9-14)16-7-6-15(21(22,23)24)10-18(16)20-11-25-13(3)27-20/h5-10,12,20,25H,3,11H2,1-2,4H3. The van der Waals surface area contributed by atoms with Crippen LogP contribution in [0.2, 0.25) is 0 Å². The number of nitrogens with one attached hydrogen (secondary N) is 1. The third-order valence-corrected chi connectivity index (χ3v) is 4.68. The van der Waals surface area contributed by atoms with Crippen LogP contribution in [-0.4, -0.2) is 13.7 Å². The Labute approximate surface area is 156 Å². The average molecular weight is 377 g/mol. The number of hydrogen-bond donors (Lipinski definition) is 1. The van der Waals surface area contributed by atoms with E-state index in [1.54, 1.807) is 7.11 Å². The van der Waals surface area contributed by atoms with E-state index < -0.39 is 17.8 Å². The molecule has 2 aromatic carbocycles. The minimum Gasteiger partial charge on any atom is -0.496 e. The van der Waals surface area contributed by atoms with Crippen molar-refractivity contribution in [3.63, 3.8) is 0 Å². The number of halogens is 3. The Kier molecular flexibility index (Phi) is 5.09. The van der Waals surface area contributed by atoms with Crippen LogP contribution in [0, 0.1) is 0 Å². The maximum absolute atomic E-state index is 13.3. The molecule has 1 fully saturated rings. The Balaban J connectivity index is 2.20. The Hall–Kier alpha value is -2.63. The van der Waals surface area contributed by atoms with E-state index in [1.165, 1.54) is 6.07 Å². The van der Waals surface area contributed by atoms with Crippen molar-refractivity contribution in [2.75, 3.05) is 13.7 Å². The molecular weight excluding hydrogens is 355 g/mol. The molecule has 27 heavy (non-hydrogen) atoms. The third kappa shape index (κ3) is 3.89. The van der Waals surface area contributed by atoms with Crippen LogP contribution in [0.1, 0.15) is 42.6 Å². The van der Waals surface area contributed by atoms with E-state index in [1.807, 2.05) is 18.2 Å². The molecule has 1 atom stereocenters. The number of benzene rings is 2. The summed E-state index contributed by atoms with van der Waals surface area (Å²) in [5.74, 6) is 1.23. The smallest absolute Gasteiger partial charge is 0.416 e. The molecule has 1 heterocycles. The van der Waals surface area contributed by atoms with Gasteiger partial charge >= 0.3 is 6.18 Å². The Morgan fingerprint density at radius 1 is 1.15 bits per heavy atom. The van der Waals surface area contributed by atoms with Crippen molar-refractivity contribution >= 4 is 0 Å². The van der Waals surface area contributed by atoms with Gasteiger partial charge in [-0.25, -0.2) is 0 Å². The maximum Gasteiger partial charge on any atom is 0.416 e. The lowest BCUT2D eigenvalue weighted by Gasteiger charge is -2.20. The van der Waals surface area contributed by atoms with Crippen LogP contribution in [0.5, 0.6) is 5.75 Å². The van der Waals surface area contributed by atoms with Crippen molar-refractivity contribution in [3.8, 4) is 16.9 Å². The van der Waals surface area contributed by atoms with Gasteiger partial charge in [-0.2, -0.15) is 13.2 Å². The first-order valence-electron chi connectivity index (χ1n) is 8.69. The molecule has 0 radical (unpaired) electrons. The van der Waals surface area contributed by atoms with Gasteiger partial charge in [-0.05, 0) is 47.9 Å². The summed E-state index contributed by atoms with van der Waals surface area (Å²) in [5, 5.41) is 2.93. The highest BCUT2D eigenvalue weighted by atomic mass is 19.4. The fourth-order valence-corrected chi connectivity index (χ4v) is 3.18. The first-order chi connectivity index (χ1) is 12.7. The van der Waals surface area contributed by atoms with Gasteiger partial charge in [-0.1, -0.05) is 26.0 Å². The molecule has 0 spiro atoms. The third-order valence-electron chi connectivity index (χ3n) is 4.68. The first-order valence-corrected chi connectivity index (χ1v) is 8.69. The molecule has 1 aliphatic heterocycles. The SMILES string of the molecule is C=C1NCC(c2cc(C(F)(F)F)ccc2-c2cc(C(C)C)ccc2OC)O1. The van der Waals surface area contributed by atoms with Crippen LogP contribution < -0.4 is 10.1 Å². The van der Waals surface area contributed by atoms with Crippen molar-refractivity contribution in [1.29, 1.82) is 0 Å². The van der Waals surface area contributed by atoms with E-state index in [4.69, 9.17) is 9.47 Å². The number of alkyl halides is 3. The van der Waals surface area contributed by atoms with Crippen LogP contribution in [0.15, 0.2) is 48.9 Å². The van der Waals surface area contributed by atoms with E-state index in [2.05, 4.69) is 25.7 Å². The summed E-state index contributed by atoms with van der Waals surface area (Å²) >= 11 is 0. The van der Waals surface area contributed by atoms with Crippen LogP contribution in [0.4, 0.5) is 13.2 Å². The molecule has 144 valence electrons. The van der Waals surface area contributed by atoms with E-state index in [0.717, 1.165) is 23.3 Å². The van der Waals surface area contributed by atoms with E-state index >= 15 is 0 Å². The monoisotopic (exact) mass is 377 g/mol. The summed E-state index contributed by atoms with van der Waals surface area (Å²) < 4.78 is 50.9. The Morgan fingerprint density at radius 3 is 2.44 bits per heavy atom. The summed E-state index contributed by atoms with van der Waals surface area (Å²) in [6.07, 6.45) is -4.98. The average Bonchev–Trinajstić information content (AvgIpc) is 3.06. The van der Waals surface area contributed by atoms with Gasteiger partial charge < -0.3 is 14.8 Å². The lowest BCUT2D eigenvalue weighted by atomic mass is 9.90. The van der Waals surface area contributed by atoms with E-state index in [0.29, 0.717) is 29.3 Å². The fraction of sp³-hybridized carbons (Fsp3) is 0.333. The molecular formula is C21H22F3NO2. The zero-order valence-corrected chi connectivity index (χ0v) is 15.5. The second-order valence-electron chi connectivity index (χ2n) is 6.82. The number of hydrogen-bond acceptors (Lipinski definition) is 3. The molecule has 0 aliphatic carbocycles. The number of ether oxygens (including phenoxy) is 2. The van der Waals surface area contributed by atoms with Crippen molar-refractivity contribution in [3.05, 3.63) is 65.6 Å². The predicted molar refractivity (Wildman–Crippen MR) is 98.5 cm³/mol. The molecule has 3 nitrogen and oxygen atoms in total. The van der Waals surface area contributed by atoms with Gasteiger partial charge in [0.25, 0.3) is 0 Å². The molecule has 1 N–H and O–H groups in total. The lowest BCUT2D eigenvalue weighted by Crippen LogP contribution is -2.11. The molecule has 0 bridgehead atoms. The van der Waals surface area contributed by atoms with Crippen molar-refractivity contribution < 1.29 is 22.6 Å². The Bertz CT molecular complexity index is 859. The van der Waals surface area contributed by atoms with Crippen LogP contribution in [0.25, 0.3) is 11.1 Å². The van der Waals surface area contributed by atoms with Gasteiger partial charge in [-0.3, -0.25) is 0 Å². The van der Waals surface area contributed by atoms with Crippen LogP contribution >= 0.6 is 0 Å². The zero-order chi connectivity index (χ0) is 19.8. The predicted octanol–water partition coefficient (Wildman–Crippen LogP) is 5.64. The highest BCUT2D eigenvalue weighted by Gasteiger charge is 2.33. The lowest BCUT2D eigenvalue weighted by molar-refractivity contribution is -0.137. The molecule has 0 saturated carbocycles. The summed E-state index contributed by atoms with van der Waals surface area (Å²) in [5.41, 5.74) is 2.22. The molecule has 3 rings (SSSR count). The number of rotatable bonds is 4. The molecule has 1 unspecified atom stereocenters. The second kappa shape index (κ2) is 7.18. The minimum absolute atomic E-state index is 0.275. The molecule has 0 amide bonds. The minimum atomic E-state index is -4.43. The first kappa shape index (κ1) is 19.1. The molecule has 1 saturated heterocycles. The summed E-state index contributed by atoms with van der Waals surface area (Å²) in [7, 11) is 1.55. The Morgan fingerprint density at radius 2 is 1.89 bits per heavy atom. The topological polar surface area (TPSA) is 30.5 Å². The van der Waals surface area contributed by atoms with Crippen LogP contribution in [-0.2, 0) is 10.9 Å². The van der Waals surface area contributed by atoms with E-state index in [9.17, 15) is 13.2 Å². The highest BCUT2D eigenvalue weighted by molar-refractivity contribution is 5.75. The maximum atomic E-state index is 13.3. The van der Waals surface area contributed by atoms with E-state index in [-0.39, 0.29) is 5.92 Å². The number of methoxy groups -OCH3 is 1. The molecule has 6 heteroatoms. The van der Waals surface area contributed by atoms with Crippen molar-refractivity contribution in [2.45, 2.75) is 32.0 Å². The van der Waals surface area contributed by atoms with Gasteiger partial charge in [0.1, 0.15) is 11.9 Å². The van der Waals surface area contributed by atoms with Crippen molar-refractivity contribution in [1.82, 2.24) is 5.32 Å². The fourth-order valence-electron chi connectivity index (χ4n) is 3.18. The summed E-state index contributed by atoms with van der Waals surface area (Å²) in [6.45, 7) is 8.18. The van der Waals surface area contributed by atoms with Gasteiger partial charge in [0.2, 0.25) is 0 Å².